The second-order valence-electron chi connectivity index (χ2n) is 4.44. The molecule has 1 aromatic heterocycles. The molecule has 0 bridgehead atoms. The minimum absolute atomic E-state index is 0.380. The number of thiophene rings is 1. The summed E-state index contributed by atoms with van der Waals surface area (Å²) < 4.78 is 32.0. The van der Waals surface area contributed by atoms with Crippen LogP contribution >= 0.6 is 11.3 Å². The van der Waals surface area contributed by atoms with Gasteiger partial charge in [-0.2, -0.15) is 4.31 Å². The second kappa shape index (κ2) is 8.09. The van der Waals surface area contributed by atoms with Crippen molar-refractivity contribution in [3.63, 3.8) is 0 Å². The summed E-state index contributed by atoms with van der Waals surface area (Å²) in [6.45, 7) is 8.34. The van der Waals surface area contributed by atoms with Crippen molar-refractivity contribution in [2.75, 3.05) is 33.4 Å². The second-order valence-corrected chi connectivity index (χ2v) is 7.28. The molecule has 5 nitrogen and oxygen atoms in total. The van der Waals surface area contributed by atoms with Crippen LogP contribution < -0.4 is 5.32 Å². The van der Waals surface area contributed by atoms with Crippen LogP contribution in [0.4, 0.5) is 0 Å². The zero-order valence-electron chi connectivity index (χ0n) is 12.6. The van der Waals surface area contributed by atoms with Gasteiger partial charge in [-0.15, -0.1) is 11.3 Å². The van der Waals surface area contributed by atoms with E-state index in [0.717, 1.165) is 17.0 Å². The highest BCUT2D eigenvalue weighted by molar-refractivity contribution is 7.89. The lowest BCUT2D eigenvalue weighted by Crippen LogP contribution is -2.34. The van der Waals surface area contributed by atoms with E-state index in [1.165, 1.54) is 15.6 Å². The number of aryl methyl sites for hydroxylation is 1. The Morgan fingerprint density at radius 1 is 1.40 bits per heavy atom. The summed E-state index contributed by atoms with van der Waals surface area (Å²) in [5.74, 6) is 0. The van der Waals surface area contributed by atoms with E-state index in [-0.39, 0.29) is 0 Å². The zero-order valence-corrected chi connectivity index (χ0v) is 14.2. The fourth-order valence-corrected chi connectivity index (χ4v) is 5.13. The van der Waals surface area contributed by atoms with Gasteiger partial charge in [0.1, 0.15) is 4.90 Å². The highest BCUT2D eigenvalue weighted by atomic mass is 32.2. The minimum atomic E-state index is -3.45. The lowest BCUT2D eigenvalue weighted by atomic mass is 10.3. The van der Waals surface area contributed by atoms with Gasteiger partial charge in [-0.05, 0) is 24.4 Å². The highest BCUT2D eigenvalue weighted by Gasteiger charge is 2.28. The maximum absolute atomic E-state index is 12.8. The summed E-state index contributed by atoms with van der Waals surface area (Å²) in [5.41, 5.74) is 0.818. The maximum atomic E-state index is 12.8. The van der Waals surface area contributed by atoms with Gasteiger partial charge in [0.25, 0.3) is 0 Å². The Morgan fingerprint density at radius 2 is 2.10 bits per heavy atom. The van der Waals surface area contributed by atoms with Gasteiger partial charge < -0.3 is 10.1 Å². The summed E-state index contributed by atoms with van der Waals surface area (Å²) in [6.07, 6.45) is 0. The number of hydrogen-bond acceptors (Lipinski definition) is 5. The van der Waals surface area contributed by atoms with Gasteiger partial charge in [0.15, 0.2) is 0 Å². The van der Waals surface area contributed by atoms with E-state index >= 15 is 0 Å². The minimum Gasteiger partial charge on any atom is -0.383 e. The number of nitrogens with zero attached hydrogens (tertiary/aromatic N) is 1. The molecule has 0 atom stereocenters. The van der Waals surface area contributed by atoms with Crippen LogP contribution in [0.2, 0.25) is 0 Å². The third-order valence-electron chi connectivity index (χ3n) is 3.02. The molecule has 1 heterocycles. The Hall–Kier alpha value is -0.470. The lowest BCUT2D eigenvalue weighted by Gasteiger charge is -2.21. The standard InChI is InChI=1S/C13H24N2O3S2/c1-5-14-9-12-13(11(3)10-19-12)20(16,17)15(6-2)7-8-18-4/h10,14H,5-9H2,1-4H3. The van der Waals surface area contributed by atoms with Crippen LogP contribution in [0.3, 0.4) is 0 Å². The summed E-state index contributed by atoms with van der Waals surface area (Å²) in [6, 6.07) is 0. The molecule has 0 saturated heterocycles. The molecule has 0 saturated carbocycles. The molecule has 7 heteroatoms. The van der Waals surface area contributed by atoms with Crippen molar-refractivity contribution in [1.82, 2.24) is 9.62 Å². The Balaban J connectivity index is 3.09. The normalized spacial score (nSPS) is 12.2. The van der Waals surface area contributed by atoms with Crippen molar-refractivity contribution in [2.24, 2.45) is 0 Å². The topological polar surface area (TPSA) is 58.6 Å². The molecular weight excluding hydrogens is 296 g/mol. The van der Waals surface area contributed by atoms with Crippen molar-refractivity contribution >= 4 is 21.4 Å². The quantitative estimate of drug-likeness (QED) is 0.754. The predicted molar refractivity (Wildman–Crippen MR) is 82.7 cm³/mol. The molecule has 0 aromatic carbocycles. The van der Waals surface area contributed by atoms with Gasteiger partial charge >= 0.3 is 0 Å². The van der Waals surface area contributed by atoms with Gasteiger partial charge in [-0.25, -0.2) is 8.42 Å². The number of hydrogen-bond donors (Lipinski definition) is 1. The first-order valence-electron chi connectivity index (χ1n) is 6.75. The zero-order chi connectivity index (χ0) is 15.2. The highest BCUT2D eigenvalue weighted by Crippen LogP contribution is 2.29. The van der Waals surface area contributed by atoms with Crippen LogP contribution in [0, 0.1) is 6.92 Å². The van der Waals surface area contributed by atoms with E-state index in [4.69, 9.17) is 4.74 Å². The molecule has 1 N–H and O–H groups in total. The van der Waals surface area contributed by atoms with Crippen molar-refractivity contribution in [3.8, 4) is 0 Å². The van der Waals surface area contributed by atoms with E-state index in [1.54, 1.807) is 7.11 Å². The Labute approximate surface area is 126 Å². The van der Waals surface area contributed by atoms with Gasteiger partial charge in [-0.3, -0.25) is 0 Å². The first-order chi connectivity index (χ1) is 9.48. The molecule has 0 aliphatic carbocycles. The Bertz CT molecular complexity index is 512. The van der Waals surface area contributed by atoms with Gasteiger partial charge in [0.05, 0.1) is 6.61 Å². The van der Waals surface area contributed by atoms with Gasteiger partial charge in [-0.1, -0.05) is 13.8 Å². The molecule has 20 heavy (non-hydrogen) atoms. The van der Waals surface area contributed by atoms with E-state index in [2.05, 4.69) is 5.32 Å². The van der Waals surface area contributed by atoms with Crippen molar-refractivity contribution in [1.29, 1.82) is 0 Å². The number of methoxy groups -OCH3 is 1. The van der Waals surface area contributed by atoms with Gasteiger partial charge in [0, 0.05) is 31.6 Å². The molecule has 116 valence electrons. The number of sulfonamides is 1. The van der Waals surface area contributed by atoms with Crippen molar-refractivity contribution in [2.45, 2.75) is 32.2 Å². The Kier molecular flexibility index (Phi) is 7.11. The fourth-order valence-electron chi connectivity index (χ4n) is 1.96. The average Bonchev–Trinajstić information content (AvgIpc) is 2.78. The molecule has 0 aliphatic heterocycles. The molecule has 1 rings (SSSR count). The SMILES string of the molecule is CCNCc1scc(C)c1S(=O)(=O)N(CC)CCOC. The smallest absolute Gasteiger partial charge is 0.244 e. The lowest BCUT2D eigenvalue weighted by molar-refractivity contribution is 0.180. The van der Waals surface area contributed by atoms with Crippen LogP contribution in [-0.2, 0) is 21.3 Å². The van der Waals surface area contributed by atoms with E-state index < -0.39 is 10.0 Å². The molecule has 0 spiro atoms. The van der Waals surface area contributed by atoms with Crippen LogP contribution in [0.25, 0.3) is 0 Å². The third kappa shape index (κ3) is 4.02. The molecule has 0 amide bonds. The van der Waals surface area contributed by atoms with E-state index in [9.17, 15) is 8.42 Å². The Morgan fingerprint density at radius 3 is 2.65 bits per heavy atom. The number of ether oxygens (including phenoxy) is 1. The van der Waals surface area contributed by atoms with Crippen LogP contribution in [0.15, 0.2) is 10.3 Å². The third-order valence-corrected chi connectivity index (χ3v) is 6.46. The molecular formula is C13H24N2O3S2. The first-order valence-corrected chi connectivity index (χ1v) is 9.07. The van der Waals surface area contributed by atoms with Crippen LogP contribution in [-0.4, -0.2) is 46.1 Å². The summed E-state index contributed by atoms with van der Waals surface area (Å²) in [7, 11) is -1.87. The molecule has 0 fully saturated rings. The van der Waals surface area contributed by atoms with Crippen LogP contribution in [0.5, 0.6) is 0 Å². The molecule has 0 aliphatic rings. The van der Waals surface area contributed by atoms with Crippen LogP contribution in [0.1, 0.15) is 24.3 Å². The van der Waals surface area contributed by atoms with E-state index in [0.29, 0.717) is 31.1 Å². The largest absolute Gasteiger partial charge is 0.383 e. The van der Waals surface area contributed by atoms with E-state index in [1.807, 2.05) is 26.2 Å². The first kappa shape index (κ1) is 17.6. The monoisotopic (exact) mass is 320 g/mol. The molecule has 0 radical (unpaired) electrons. The molecule has 1 aromatic rings. The summed E-state index contributed by atoms with van der Waals surface area (Å²) in [5, 5.41) is 5.10. The van der Waals surface area contributed by atoms with Gasteiger partial charge in [0.2, 0.25) is 10.0 Å². The summed E-state index contributed by atoms with van der Waals surface area (Å²) in [4.78, 5) is 1.33. The average molecular weight is 320 g/mol. The number of nitrogens with one attached hydrogen (secondary N) is 1. The van der Waals surface area contributed by atoms with Crippen molar-refractivity contribution in [3.05, 3.63) is 15.8 Å². The van der Waals surface area contributed by atoms with Crippen molar-refractivity contribution < 1.29 is 13.2 Å². The molecule has 0 unspecified atom stereocenters. The predicted octanol–water partition coefficient (Wildman–Crippen LogP) is 1.82. The number of rotatable bonds is 9. The number of likely N-dealkylation sites (N-methyl/N-ethyl adjacent to an activating group) is 1. The fraction of sp³-hybridized carbons (Fsp3) is 0.692. The maximum Gasteiger partial charge on any atom is 0.244 e. The summed E-state index contributed by atoms with van der Waals surface area (Å²) >= 11 is 1.50.